The Morgan fingerprint density at radius 3 is 2.42 bits per heavy atom. The number of ether oxygens (including phenoxy) is 1. The van der Waals surface area contributed by atoms with Crippen LogP contribution in [0.5, 0.6) is 0 Å². The first-order valence-electron chi connectivity index (χ1n) is 10.8. The maximum atomic E-state index is 13.0. The molecule has 2 fully saturated rings. The highest BCUT2D eigenvalue weighted by molar-refractivity contribution is 5.73. The molecule has 1 aliphatic heterocycles. The Kier molecular flexibility index (Phi) is 7.13. The van der Waals surface area contributed by atoms with Crippen LogP contribution in [0, 0.1) is 11.8 Å². The van der Waals surface area contributed by atoms with Gasteiger partial charge in [0.25, 0.3) is 0 Å². The zero-order chi connectivity index (χ0) is 18.2. The van der Waals surface area contributed by atoms with E-state index in [0.717, 1.165) is 44.7 Å². The predicted molar refractivity (Wildman–Crippen MR) is 105 cm³/mol. The fraction of sp³-hybridized carbons (Fsp3) is 0.696. The van der Waals surface area contributed by atoms with Crippen LogP contribution in [0.1, 0.15) is 76.7 Å². The van der Waals surface area contributed by atoms with Crippen molar-refractivity contribution in [3.63, 3.8) is 0 Å². The molecule has 2 aliphatic rings. The third-order valence-corrected chi connectivity index (χ3v) is 6.50. The van der Waals surface area contributed by atoms with Gasteiger partial charge in [0, 0.05) is 12.8 Å². The number of piperidine rings is 1. The Morgan fingerprint density at radius 1 is 1.08 bits per heavy atom. The van der Waals surface area contributed by atoms with Gasteiger partial charge in [-0.1, -0.05) is 62.9 Å². The topological polar surface area (TPSA) is 42.9 Å². The highest BCUT2D eigenvalue weighted by Crippen LogP contribution is 2.38. The average molecular weight is 359 g/mol. The van der Waals surface area contributed by atoms with E-state index in [9.17, 15) is 4.79 Å². The Balaban J connectivity index is 1.57. The lowest BCUT2D eigenvalue weighted by Gasteiger charge is -2.38. The smallest absolute Gasteiger partial charge is 0.309 e. The monoisotopic (exact) mass is 358 g/mol. The normalized spacial score (nSPS) is 25.6. The van der Waals surface area contributed by atoms with Crippen molar-refractivity contribution in [1.29, 1.82) is 0 Å². The minimum atomic E-state index is -0.398. The van der Waals surface area contributed by atoms with Crippen LogP contribution in [0.25, 0.3) is 0 Å². The molecular weight excluding hydrogens is 322 g/mol. The van der Waals surface area contributed by atoms with Crippen LogP contribution in [-0.4, -0.2) is 19.1 Å². The molecule has 3 nitrogen and oxygen atoms in total. The molecule has 144 valence electrons. The summed E-state index contributed by atoms with van der Waals surface area (Å²) >= 11 is 0. The second-order valence-electron chi connectivity index (χ2n) is 8.36. The largest absolute Gasteiger partial charge is 0.453 e. The molecule has 0 amide bonds. The summed E-state index contributed by atoms with van der Waals surface area (Å²) in [7, 11) is 0. The number of quaternary nitrogens is 1. The number of hydrogen-bond donors (Lipinski definition) is 1. The van der Waals surface area contributed by atoms with Gasteiger partial charge in [-0.25, -0.2) is 0 Å². The van der Waals surface area contributed by atoms with Gasteiger partial charge in [-0.3, -0.25) is 4.79 Å². The molecule has 1 aromatic rings. The van der Waals surface area contributed by atoms with Crippen LogP contribution >= 0.6 is 0 Å². The molecule has 1 saturated carbocycles. The van der Waals surface area contributed by atoms with Crippen LogP contribution in [-0.2, 0) is 15.1 Å². The van der Waals surface area contributed by atoms with Gasteiger partial charge in [-0.15, -0.1) is 0 Å². The summed E-state index contributed by atoms with van der Waals surface area (Å²) in [4.78, 5) is 13.0. The van der Waals surface area contributed by atoms with Crippen molar-refractivity contribution in [2.75, 3.05) is 13.1 Å². The molecule has 1 aliphatic carbocycles. The quantitative estimate of drug-likeness (QED) is 0.587. The summed E-state index contributed by atoms with van der Waals surface area (Å²) in [5, 5.41) is 2.33. The van der Waals surface area contributed by atoms with E-state index in [1.165, 1.54) is 44.1 Å². The number of rotatable bonds is 7. The number of esters is 1. The van der Waals surface area contributed by atoms with Crippen molar-refractivity contribution in [2.45, 2.75) is 76.7 Å². The zero-order valence-corrected chi connectivity index (χ0v) is 16.4. The number of benzene rings is 1. The molecule has 0 spiro atoms. The first kappa shape index (κ1) is 19.4. The Morgan fingerprint density at radius 2 is 1.77 bits per heavy atom. The minimum absolute atomic E-state index is 0.0581. The van der Waals surface area contributed by atoms with Crippen molar-refractivity contribution in [3.05, 3.63) is 35.9 Å². The molecule has 0 radical (unpaired) electrons. The van der Waals surface area contributed by atoms with Gasteiger partial charge in [-0.05, 0) is 37.2 Å². The van der Waals surface area contributed by atoms with Crippen molar-refractivity contribution < 1.29 is 14.8 Å². The van der Waals surface area contributed by atoms with E-state index in [0.29, 0.717) is 0 Å². The second-order valence-corrected chi connectivity index (χ2v) is 8.36. The molecule has 1 aromatic carbocycles. The molecule has 2 N–H and O–H groups in total. The van der Waals surface area contributed by atoms with Crippen LogP contribution < -0.4 is 5.32 Å². The molecule has 3 rings (SSSR count). The summed E-state index contributed by atoms with van der Waals surface area (Å²) in [6.07, 6.45) is 11.6. The first-order chi connectivity index (χ1) is 12.7. The van der Waals surface area contributed by atoms with Gasteiger partial charge < -0.3 is 10.1 Å². The van der Waals surface area contributed by atoms with E-state index in [1.807, 2.05) is 6.07 Å². The SMILES string of the molecule is CCCCCC1CCC(C(=O)OC2(c3ccccc3)CC[NH2+]CC2)CC1. The number of nitrogens with two attached hydrogens (primary N) is 1. The third kappa shape index (κ3) is 4.88. The molecule has 0 atom stereocenters. The summed E-state index contributed by atoms with van der Waals surface area (Å²) in [6, 6.07) is 10.4. The predicted octanol–water partition coefficient (Wildman–Crippen LogP) is 4.17. The van der Waals surface area contributed by atoms with Crippen molar-refractivity contribution in [1.82, 2.24) is 0 Å². The van der Waals surface area contributed by atoms with E-state index in [1.54, 1.807) is 0 Å². The fourth-order valence-electron chi connectivity index (χ4n) is 4.78. The molecular formula is C23H36NO2+. The molecule has 26 heavy (non-hydrogen) atoms. The maximum Gasteiger partial charge on any atom is 0.309 e. The van der Waals surface area contributed by atoms with Gasteiger partial charge in [0.05, 0.1) is 19.0 Å². The van der Waals surface area contributed by atoms with Gasteiger partial charge >= 0.3 is 5.97 Å². The van der Waals surface area contributed by atoms with E-state index >= 15 is 0 Å². The molecule has 0 unspecified atom stereocenters. The van der Waals surface area contributed by atoms with E-state index < -0.39 is 5.60 Å². The van der Waals surface area contributed by atoms with Crippen LogP contribution in [0.15, 0.2) is 30.3 Å². The third-order valence-electron chi connectivity index (χ3n) is 6.50. The second kappa shape index (κ2) is 9.55. The summed E-state index contributed by atoms with van der Waals surface area (Å²) in [5.41, 5.74) is 0.778. The number of carbonyl (C=O) groups excluding carboxylic acids is 1. The molecule has 0 aromatic heterocycles. The van der Waals surface area contributed by atoms with Crippen LogP contribution in [0.4, 0.5) is 0 Å². The van der Waals surface area contributed by atoms with Crippen molar-refractivity contribution >= 4 is 5.97 Å². The van der Waals surface area contributed by atoms with Crippen LogP contribution in [0.3, 0.4) is 0 Å². The maximum absolute atomic E-state index is 13.0. The van der Waals surface area contributed by atoms with Gasteiger partial charge in [0.1, 0.15) is 5.60 Å². The Labute approximate surface area is 158 Å². The van der Waals surface area contributed by atoms with Crippen molar-refractivity contribution in [3.8, 4) is 0 Å². The standard InChI is InChI=1S/C23H35NO2/c1-2-3-5-8-19-11-13-20(14-12-19)22(25)26-23(15-17-24-18-16-23)21-9-6-4-7-10-21/h4,6-7,9-10,19-20,24H,2-3,5,8,11-18H2,1H3/p+1. The van der Waals surface area contributed by atoms with Gasteiger partial charge in [0.15, 0.2) is 0 Å². The van der Waals surface area contributed by atoms with Crippen LogP contribution in [0.2, 0.25) is 0 Å². The van der Waals surface area contributed by atoms with E-state index in [4.69, 9.17) is 4.74 Å². The molecule has 1 saturated heterocycles. The fourth-order valence-corrected chi connectivity index (χ4v) is 4.78. The van der Waals surface area contributed by atoms with E-state index in [2.05, 4.69) is 36.5 Å². The van der Waals surface area contributed by atoms with Gasteiger partial charge in [0.2, 0.25) is 0 Å². The highest BCUT2D eigenvalue weighted by atomic mass is 16.6. The number of carbonyl (C=O) groups is 1. The van der Waals surface area contributed by atoms with Gasteiger partial charge in [-0.2, -0.15) is 0 Å². The molecule has 3 heteroatoms. The lowest BCUT2D eigenvalue weighted by molar-refractivity contribution is -0.668. The lowest BCUT2D eigenvalue weighted by Crippen LogP contribution is -2.87. The zero-order valence-electron chi connectivity index (χ0n) is 16.4. The summed E-state index contributed by atoms with van der Waals surface area (Å²) in [6.45, 7) is 4.33. The lowest BCUT2D eigenvalue weighted by atomic mass is 9.79. The minimum Gasteiger partial charge on any atom is -0.453 e. The van der Waals surface area contributed by atoms with E-state index in [-0.39, 0.29) is 11.9 Å². The molecule has 0 bridgehead atoms. The number of hydrogen-bond acceptors (Lipinski definition) is 2. The summed E-state index contributed by atoms with van der Waals surface area (Å²) < 4.78 is 6.28. The average Bonchev–Trinajstić information content (AvgIpc) is 2.70. The number of unbranched alkanes of at least 4 members (excludes halogenated alkanes) is 2. The first-order valence-corrected chi connectivity index (χ1v) is 10.8. The summed E-state index contributed by atoms with van der Waals surface area (Å²) in [5.74, 6) is 1.00. The molecule has 1 heterocycles. The highest BCUT2D eigenvalue weighted by Gasteiger charge is 2.41. The van der Waals surface area contributed by atoms with Crippen molar-refractivity contribution in [2.24, 2.45) is 11.8 Å². The Bertz CT molecular complexity index is 543. The Hall–Kier alpha value is -1.35.